The highest BCUT2D eigenvalue weighted by Gasteiger charge is 2.10. The van der Waals surface area contributed by atoms with Crippen molar-refractivity contribution in [3.8, 4) is 0 Å². The zero-order valence-corrected chi connectivity index (χ0v) is 11.0. The van der Waals surface area contributed by atoms with Crippen molar-refractivity contribution in [3.05, 3.63) is 65.2 Å². The fourth-order valence-corrected chi connectivity index (χ4v) is 1.88. The molecule has 0 fully saturated rings. The second-order valence-corrected chi connectivity index (χ2v) is 4.49. The normalized spacial score (nSPS) is 12.1. The Kier molecular flexibility index (Phi) is 4.42. The summed E-state index contributed by atoms with van der Waals surface area (Å²) >= 11 is 0. The molecule has 0 amide bonds. The lowest BCUT2D eigenvalue weighted by atomic mass is 10.1. The molecule has 5 heteroatoms. The molecular weight excluding hydrogens is 259 g/mol. The first-order chi connectivity index (χ1) is 9.58. The van der Waals surface area contributed by atoms with Gasteiger partial charge in [-0.3, -0.25) is 4.98 Å². The highest BCUT2D eigenvalue weighted by Crippen LogP contribution is 2.14. The third kappa shape index (κ3) is 3.39. The third-order valence-corrected chi connectivity index (χ3v) is 3.10. The van der Waals surface area contributed by atoms with Crippen LogP contribution in [-0.4, -0.2) is 16.1 Å². The van der Waals surface area contributed by atoms with Gasteiger partial charge in [0.1, 0.15) is 5.82 Å². The van der Waals surface area contributed by atoms with Crippen LogP contribution in [0.1, 0.15) is 34.5 Å². The van der Waals surface area contributed by atoms with Crippen molar-refractivity contribution in [1.82, 2.24) is 10.3 Å². The molecular formula is C15H15FN2O2. The van der Waals surface area contributed by atoms with Crippen molar-refractivity contribution < 1.29 is 14.3 Å². The standard InChI is InChI=1S/C15H15FN2O2/c1-10(11-4-6-17-7-5-11)18-9-13-8-12(15(19)20)2-3-14(13)16/h2-8,10,18H,9H2,1H3,(H,19,20). The van der Waals surface area contributed by atoms with Gasteiger partial charge in [-0.25, -0.2) is 9.18 Å². The molecule has 1 heterocycles. The molecule has 20 heavy (non-hydrogen) atoms. The zero-order chi connectivity index (χ0) is 14.5. The van der Waals surface area contributed by atoms with Crippen molar-refractivity contribution in [2.75, 3.05) is 0 Å². The molecule has 0 aliphatic carbocycles. The van der Waals surface area contributed by atoms with Gasteiger partial charge >= 0.3 is 5.97 Å². The quantitative estimate of drug-likeness (QED) is 0.880. The molecule has 0 aliphatic heterocycles. The molecule has 0 radical (unpaired) electrons. The molecule has 0 saturated carbocycles. The average molecular weight is 274 g/mol. The van der Waals surface area contributed by atoms with E-state index >= 15 is 0 Å². The molecule has 1 aromatic carbocycles. The maximum atomic E-state index is 13.6. The first kappa shape index (κ1) is 14.1. The lowest BCUT2D eigenvalue weighted by Crippen LogP contribution is -2.19. The SMILES string of the molecule is CC(NCc1cc(C(=O)O)ccc1F)c1ccncc1. The van der Waals surface area contributed by atoms with E-state index in [-0.39, 0.29) is 18.2 Å². The topological polar surface area (TPSA) is 62.2 Å². The Hall–Kier alpha value is -2.27. The summed E-state index contributed by atoms with van der Waals surface area (Å²) in [6, 6.07) is 7.56. The summed E-state index contributed by atoms with van der Waals surface area (Å²) in [5.74, 6) is -1.47. The van der Waals surface area contributed by atoms with Crippen LogP contribution in [0.4, 0.5) is 4.39 Å². The number of nitrogens with one attached hydrogen (secondary N) is 1. The number of aromatic carboxylic acids is 1. The molecule has 2 aromatic rings. The van der Waals surface area contributed by atoms with Crippen LogP contribution in [0.15, 0.2) is 42.7 Å². The van der Waals surface area contributed by atoms with E-state index in [0.717, 1.165) is 5.56 Å². The number of halogens is 1. The van der Waals surface area contributed by atoms with E-state index < -0.39 is 11.8 Å². The van der Waals surface area contributed by atoms with E-state index in [1.807, 2.05) is 19.1 Å². The van der Waals surface area contributed by atoms with Gasteiger partial charge in [0.2, 0.25) is 0 Å². The average Bonchev–Trinajstić information content (AvgIpc) is 2.46. The van der Waals surface area contributed by atoms with E-state index in [9.17, 15) is 9.18 Å². The lowest BCUT2D eigenvalue weighted by molar-refractivity contribution is 0.0696. The molecule has 104 valence electrons. The summed E-state index contributed by atoms with van der Waals surface area (Å²) in [5.41, 5.74) is 1.46. The molecule has 1 atom stereocenters. The minimum absolute atomic E-state index is 0.0193. The second kappa shape index (κ2) is 6.25. The zero-order valence-electron chi connectivity index (χ0n) is 11.0. The van der Waals surface area contributed by atoms with Gasteiger partial charge in [-0.15, -0.1) is 0 Å². The van der Waals surface area contributed by atoms with Gasteiger partial charge in [-0.2, -0.15) is 0 Å². The fourth-order valence-electron chi connectivity index (χ4n) is 1.88. The van der Waals surface area contributed by atoms with E-state index in [4.69, 9.17) is 5.11 Å². The number of nitrogens with zero attached hydrogens (tertiary/aromatic N) is 1. The maximum Gasteiger partial charge on any atom is 0.335 e. The Balaban J connectivity index is 2.07. The van der Waals surface area contributed by atoms with E-state index in [1.54, 1.807) is 12.4 Å². The molecule has 0 saturated heterocycles. The van der Waals surface area contributed by atoms with E-state index in [0.29, 0.717) is 5.56 Å². The van der Waals surface area contributed by atoms with Crippen molar-refractivity contribution in [3.63, 3.8) is 0 Å². The summed E-state index contributed by atoms with van der Waals surface area (Å²) in [6.45, 7) is 2.21. The van der Waals surface area contributed by atoms with Gasteiger partial charge in [-0.05, 0) is 42.8 Å². The summed E-state index contributed by atoms with van der Waals surface area (Å²) < 4.78 is 13.6. The van der Waals surface area contributed by atoms with Crippen molar-refractivity contribution in [2.24, 2.45) is 0 Å². The predicted molar refractivity (Wildman–Crippen MR) is 72.9 cm³/mol. The number of carboxylic acids is 1. The van der Waals surface area contributed by atoms with Crippen LogP contribution < -0.4 is 5.32 Å². The molecule has 2 N–H and O–H groups in total. The van der Waals surface area contributed by atoms with Gasteiger partial charge in [0.05, 0.1) is 5.56 Å². The summed E-state index contributed by atoms with van der Waals surface area (Å²) in [4.78, 5) is 14.8. The Labute approximate surface area is 116 Å². The number of benzene rings is 1. The van der Waals surface area contributed by atoms with Gasteiger partial charge in [0.25, 0.3) is 0 Å². The Morgan fingerprint density at radius 2 is 2.05 bits per heavy atom. The van der Waals surface area contributed by atoms with Gasteiger partial charge in [0, 0.05) is 30.5 Å². The molecule has 4 nitrogen and oxygen atoms in total. The van der Waals surface area contributed by atoms with E-state index in [1.165, 1.54) is 18.2 Å². The highest BCUT2D eigenvalue weighted by molar-refractivity contribution is 5.87. The number of rotatable bonds is 5. The van der Waals surface area contributed by atoms with Crippen LogP contribution >= 0.6 is 0 Å². The predicted octanol–water partition coefficient (Wildman–Crippen LogP) is 2.77. The fraction of sp³-hybridized carbons (Fsp3) is 0.200. The Bertz CT molecular complexity index is 602. The number of carbonyl (C=O) groups is 1. The molecule has 0 spiro atoms. The Morgan fingerprint density at radius 1 is 1.35 bits per heavy atom. The van der Waals surface area contributed by atoms with Crippen LogP contribution in [0.5, 0.6) is 0 Å². The lowest BCUT2D eigenvalue weighted by Gasteiger charge is -2.14. The number of aromatic nitrogens is 1. The van der Waals surface area contributed by atoms with Gasteiger partial charge < -0.3 is 10.4 Å². The van der Waals surface area contributed by atoms with Crippen LogP contribution in [0, 0.1) is 5.82 Å². The van der Waals surface area contributed by atoms with Gasteiger partial charge in [0.15, 0.2) is 0 Å². The molecule has 1 aromatic heterocycles. The first-order valence-electron chi connectivity index (χ1n) is 6.23. The first-order valence-corrected chi connectivity index (χ1v) is 6.23. The summed E-state index contributed by atoms with van der Waals surface area (Å²) in [7, 11) is 0. The smallest absolute Gasteiger partial charge is 0.335 e. The molecule has 1 unspecified atom stereocenters. The summed E-state index contributed by atoms with van der Waals surface area (Å²) in [5, 5.41) is 12.1. The number of carboxylic acid groups (broad SMARTS) is 1. The molecule has 2 rings (SSSR count). The van der Waals surface area contributed by atoms with Gasteiger partial charge in [-0.1, -0.05) is 0 Å². The Morgan fingerprint density at radius 3 is 2.70 bits per heavy atom. The minimum atomic E-state index is -1.06. The number of pyridine rings is 1. The minimum Gasteiger partial charge on any atom is -0.478 e. The summed E-state index contributed by atoms with van der Waals surface area (Å²) in [6.07, 6.45) is 3.39. The van der Waals surface area contributed by atoms with Crippen LogP contribution in [-0.2, 0) is 6.54 Å². The number of hydrogen-bond donors (Lipinski definition) is 2. The van der Waals surface area contributed by atoms with Crippen molar-refractivity contribution >= 4 is 5.97 Å². The largest absolute Gasteiger partial charge is 0.478 e. The molecule has 0 aliphatic rings. The van der Waals surface area contributed by atoms with Crippen LogP contribution in [0.25, 0.3) is 0 Å². The van der Waals surface area contributed by atoms with Crippen LogP contribution in [0.2, 0.25) is 0 Å². The highest BCUT2D eigenvalue weighted by atomic mass is 19.1. The number of hydrogen-bond acceptors (Lipinski definition) is 3. The van der Waals surface area contributed by atoms with Crippen molar-refractivity contribution in [2.45, 2.75) is 19.5 Å². The third-order valence-electron chi connectivity index (χ3n) is 3.10. The van der Waals surface area contributed by atoms with Crippen molar-refractivity contribution in [1.29, 1.82) is 0 Å². The maximum absolute atomic E-state index is 13.6. The van der Waals surface area contributed by atoms with E-state index in [2.05, 4.69) is 10.3 Å². The molecule has 0 bridgehead atoms. The van der Waals surface area contributed by atoms with Crippen LogP contribution in [0.3, 0.4) is 0 Å². The second-order valence-electron chi connectivity index (χ2n) is 4.49. The monoisotopic (exact) mass is 274 g/mol.